The van der Waals surface area contributed by atoms with Crippen LogP contribution in [0.3, 0.4) is 0 Å². The molecule has 1 spiro atoms. The summed E-state index contributed by atoms with van der Waals surface area (Å²) in [5.41, 5.74) is 3.89. The molecule has 1 aliphatic heterocycles. The SMILES string of the molecule is Cc1[nH]nc2ncc(C(=O)N3CC(c4ccccc4)C4(CCC4)C3)cc12. The van der Waals surface area contributed by atoms with E-state index >= 15 is 0 Å². The van der Waals surface area contributed by atoms with E-state index in [-0.39, 0.29) is 11.3 Å². The number of nitrogens with one attached hydrogen (secondary N) is 1. The first kappa shape index (κ1) is 15.6. The largest absolute Gasteiger partial charge is 0.337 e. The van der Waals surface area contributed by atoms with Crippen LogP contribution >= 0.6 is 0 Å². The van der Waals surface area contributed by atoms with Gasteiger partial charge in [-0.2, -0.15) is 5.10 Å². The van der Waals surface area contributed by atoms with Crippen molar-refractivity contribution in [3.05, 3.63) is 59.4 Å². The van der Waals surface area contributed by atoms with Crippen LogP contribution in [0.15, 0.2) is 42.6 Å². The molecule has 2 fully saturated rings. The number of pyridine rings is 1. The number of aromatic amines is 1. The summed E-state index contributed by atoms with van der Waals surface area (Å²) in [5, 5.41) is 8.01. The van der Waals surface area contributed by atoms with E-state index in [0.29, 0.717) is 17.1 Å². The van der Waals surface area contributed by atoms with Crippen molar-refractivity contribution in [1.29, 1.82) is 0 Å². The number of H-pyrrole nitrogens is 1. The minimum absolute atomic E-state index is 0.0877. The van der Waals surface area contributed by atoms with E-state index in [0.717, 1.165) is 24.2 Å². The smallest absolute Gasteiger partial charge is 0.255 e. The van der Waals surface area contributed by atoms with E-state index in [2.05, 4.69) is 45.5 Å². The number of fused-ring (bicyclic) bond motifs is 1. The molecule has 1 amide bonds. The molecule has 1 aliphatic carbocycles. The van der Waals surface area contributed by atoms with Gasteiger partial charge in [-0.3, -0.25) is 9.89 Å². The number of benzene rings is 1. The van der Waals surface area contributed by atoms with Crippen LogP contribution in [0.5, 0.6) is 0 Å². The molecule has 132 valence electrons. The van der Waals surface area contributed by atoms with Crippen molar-refractivity contribution in [2.24, 2.45) is 5.41 Å². The highest BCUT2D eigenvalue weighted by molar-refractivity contribution is 5.97. The third-order valence-electron chi connectivity index (χ3n) is 6.33. The fourth-order valence-corrected chi connectivity index (χ4v) is 4.72. The van der Waals surface area contributed by atoms with E-state index in [1.54, 1.807) is 6.20 Å². The molecule has 1 N–H and O–H groups in total. The second kappa shape index (κ2) is 5.66. The Labute approximate surface area is 152 Å². The number of aromatic nitrogens is 3. The number of nitrogens with zero attached hydrogens (tertiary/aromatic N) is 3. The van der Waals surface area contributed by atoms with Crippen molar-refractivity contribution in [1.82, 2.24) is 20.1 Å². The molecule has 5 rings (SSSR count). The standard InChI is InChI=1S/C21H22N4O/c1-14-17-10-16(11-22-19(17)24-23-14)20(26)25-12-18(15-6-3-2-4-7-15)21(13-25)8-5-9-21/h2-4,6-7,10-11,18H,5,8-9,12-13H2,1H3,(H,22,23,24). The lowest BCUT2D eigenvalue weighted by atomic mass is 9.61. The fourth-order valence-electron chi connectivity index (χ4n) is 4.72. The van der Waals surface area contributed by atoms with Gasteiger partial charge in [0, 0.05) is 36.3 Å². The Hall–Kier alpha value is -2.69. The van der Waals surface area contributed by atoms with Gasteiger partial charge in [0.1, 0.15) is 0 Å². The van der Waals surface area contributed by atoms with Crippen LogP contribution < -0.4 is 0 Å². The van der Waals surface area contributed by atoms with Crippen molar-refractivity contribution in [2.45, 2.75) is 32.1 Å². The predicted molar refractivity (Wildman–Crippen MR) is 100.0 cm³/mol. The van der Waals surface area contributed by atoms with Gasteiger partial charge in [0.2, 0.25) is 0 Å². The summed E-state index contributed by atoms with van der Waals surface area (Å²) in [6, 6.07) is 12.6. The molecule has 0 bridgehead atoms. The molecule has 1 saturated heterocycles. The minimum Gasteiger partial charge on any atom is -0.337 e. The fraction of sp³-hybridized carbons (Fsp3) is 0.381. The number of hydrogen-bond acceptors (Lipinski definition) is 3. The van der Waals surface area contributed by atoms with Crippen LogP contribution in [-0.4, -0.2) is 39.1 Å². The maximum absolute atomic E-state index is 13.2. The maximum atomic E-state index is 13.2. The van der Waals surface area contributed by atoms with E-state index in [4.69, 9.17) is 0 Å². The highest BCUT2D eigenvalue weighted by Crippen LogP contribution is 2.55. The topological polar surface area (TPSA) is 61.9 Å². The van der Waals surface area contributed by atoms with Crippen LogP contribution in [0.25, 0.3) is 11.0 Å². The number of carbonyl (C=O) groups excluding carboxylic acids is 1. The van der Waals surface area contributed by atoms with Gasteiger partial charge in [-0.15, -0.1) is 0 Å². The molecule has 2 aliphatic rings. The van der Waals surface area contributed by atoms with Crippen molar-refractivity contribution in [2.75, 3.05) is 13.1 Å². The van der Waals surface area contributed by atoms with Gasteiger partial charge >= 0.3 is 0 Å². The van der Waals surface area contributed by atoms with E-state index in [1.165, 1.54) is 24.8 Å². The van der Waals surface area contributed by atoms with Gasteiger partial charge in [-0.25, -0.2) is 4.98 Å². The molecule has 3 heterocycles. The minimum atomic E-state index is 0.0877. The zero-order valence-electron chi connectivity index (χ0n) is 14.9. The molecule has 1 saturated carbocycles. The first-order chi connectivity index (χ1) is 12.7. The Kier molecular flexibility index (Phi) is 3.39. The average molecular weight is 346 g/mol. The number of aryl methyl sites for hydroxylation is 1. The highest BCUT2D eigenvalue weighted by Gasteiger charge is 2.51. The van der Waals surface area contributed by atoms with Crippen LogP contribution in [0, 0.1) is 12.3 Å². The van der Waals surface area contributed by atoms with E-state index in [1.807, 2.05) is 17.9 Å². The Balaban J connectivity index is 1.46. The predicted octanol–water partition coefficient (Wildman–Crippen LogP) is 3.68. The van der Waals surface area contributed by atoms with Gasteiger partial charge in [0.15, 0.2) is 5.65 Å². The second-order valence-corrected chi connectivity index (χ2v) is 7.81. The summed E-state index contributed by atoms with van der Waals surface area (Å²) < 4.78 is 0. The molecular formula is C21H22N4O. The van der Waals surface area contributed by atoms with Crippen LogP contribution in [0.4, 0.5) is 0 Å². The molecule has 0 radical (unpaired) electrons. The molecule has 3 aromatic rings. The zero-order valence-corrected chi connectivity index (χ0v) is 14.9. The summed E-state index contributed by atoms with van der Waals surface area (Å²) in [7, 11) is 0. The van der Waals surface area contributed by atoms with Gasteiger partial charge in [-0.05, 0) is 36.8 Å². The van der Waals surface area contributed by atoms with Crippen LogP contribution in [0.2, 0.25) is 0 Å². The van der Waals surface area contributed by atoms with Crippen LogP contribution in [-0.2, 0) is 0 Å². The normalized spacial score (nSPS) is 21.3. The summed E-state index contributed by atoms with van der Waals surface area (Å²) >= 11 is 0. The Bertz CT molecular complexity index is 974. The first-order valence-corrected chi connectivity index (χ1v) is 9.31. The number of rotatable bonds is 2. The Morgan fingerprint density at radius 2 is 2.08 bits per heavy atom. The van der Waals surface area contributed by atoms with Gasteiger partial charge in [-0.1, -0.05) is 36.8 Å². The quantitative estimate of drug-likeness (QED) is 0.770. The molecule has 2 aromatic heterocycles. The molecule has 5 nitrogen and oxygen atoms in total. The molecule has 1 unspecified atom stereocenters. The Morgan fingerprint density at radius 3 is 2.81 bits per heavy atom. The van der Waals surface area contributed by atoms with Crippen molar-refractivity contribution >= 4 is 16.9 Å². The van der Waals surface area contributed by atoms with Crippen molar-refractivity contribution in [3.8, 4) is 0 Å². The second-order valence-electron chi connectivity index (χ2n) is 7.81. The Morgan fingerprint density at radius 1 is 1.27 bits per heavy atom. The van der Waals surface area contributed by atoms with Crippen molar-refractivity contribution in [3.63, 3.8) is 0 Å². The lowest BCUT2D eigenvalue weighted by molar-refractivity contribution is 0.0725. The number of carbonyl (C=O) groups is 1. The van der Waals surface area contributed by atoms with Gasteiger partial charge < -0.3 is 4.90 Å². The zero-order chi connectivity index (χ0) is 17.7. The lowest BCUT2D eigenvalue weighted by Crippen LogP contribution is -2.37. The lowest BCUT2D eigenvalue weighted by Gasteiger charge is -2.43. The molecule has 1 atom stereocenters. The summed E-state index contributed by atoms with van der Waals surface area (Å²) in [6.07, 6.45) is 5.37. The van der Waals surface area contributed by atoms with Gasteiger partial charge in [0.05, 0.1) is 5.56 Å². The average Bonchev–Trinajstić information content (AvgIpc) is 3.23. The van der Waals surface area contributed by atoms with Crippen LogP contribution in [0.1, 0.15) is 46.8 Å². The summed E-state index contributed by atoms with van der Waals surface area (Å²) in [5.74, 6) is 0.526. The third kappa shape index (κ3) is 2.26. The number of likely N-dealkylation sites (tertiary alicyclic amines) is 1. The van der Waals surface area contributed by atoms with Gasteiger partial charge in [0.25, 0.3) is 5.91 Å². The monoisotopic (exact) mass is 346 g/mol. The molecule has 26 heavy (non-hydrogen) atoms. The molecule has 1 aromatic carbocycles. The number of amides is 1. The van der Waals surface area contributed by atoms with E-state index in [9.17, 15) is 4.79 Å². The molecular weight excluding hydrogens is 324 g/mol. The maximum Gasteiger partial charge on any atom is 0.255 e. The summed E-state index contributed by atoms with van der Waals surface area (Å²) in [4.78, 5) is 19.6. The highest BCUT2D eigenvalue weighted by atomic mass is 16.2. The first-order valence-electron chi connectivity index (χ1n) is 9.31. The summed E-state index contributed by atoms with van der Waals surface area (Å²) in [6.45, 7) is 3.61. The third-order valence-corrected chi connectivity index (χ3v) is 6.33. The van der Waals surface area contributed by atoms with E-state index < -0.39 is 0 Å². The molecule has 5 heteroatoms. The number of hydrogen-bond donors (Lipinski definition) is 1. The van der Waals surface area contributed by atoms with Crippen molar-refractivity contribution < 1.29 is 4.79 Å².